The van der Waals surface area contributed by atoms with Gasteiger partial charge in [0.15, 0.2) is 0 Å². The van der Waals surface area contributed by atoms with Gasteiger partial charge in [0.2, 0.25) is 0 Å². The zero-order valence-electron chi connectivity index (χ0n) is 16.5. The smallest absolute Gasteiger partial charge is 0.410 e. The Hall–Kier alpha value is -3.07. The first-order valence-electron chi connectivity index (χ1n) is 9.46. The van der Waals surface area contributed by atoms with E-state index in [2.05, 4.69) is 17.1 Å². The summed E-state index contributed by atoms with van der Waals surface area (Å²) in [5, 5.41) is 8.79. The van der Waals surface area contributed by atoms with Crippen molar-refractivity contribution in [2.75, 3.05) is 13.1 Å². The Balaban J connectivity index is 1.54. The van der Waals surface area contributed by atoms with E-state index < -0.39 is 5.60 Å². The highest BCUT2D eigenvalue weighted by atomic mass is 16.6. The summed E-state index contributed by atoms with van der Waals surface area (Å²) in [5.74, 6) is 1.74. The Bertz CT molecular complexity index is 841. The van der Waals surface area contributed by atoms with Crippen molar-refractivity contribution in [1.82, 2.24) is 9.88 Å². The minimum absolute atomic E-state index is 0.231. The summed E-state index contributed by atoms with van der Waals surface area (Å²) in [7, 11) is 0. The van der Waals surface area contributed by atoms with Crippen molar-refractivity contribution in [3.63, 3.8) is 0 Å². The van der Waals surface area contributed by atoms with E-state index in [1.54, 1.807) is 23.2 Å². The van der Waals surface area contributed by atoms with E-state index in [9.17, 15) is 4.79 Å². The third-order valence-corrected chi connectivity index (χ3v) is 4.58. The zero-order chi connectivity index (χ0) is 20.1. The molecule has 1 aliphatic rings. The third kappa shape index (κ3) is 5.23. The van der Waals surface area contributed by atoms with Crippen molar-refractivity contribution < 1.29 is 14.3 Å². The lowest BCUT2D eigenvalue weighted by molar-refractivity contribution is 0.0205. The second-order valence-electron chi connectivity index (χ2n) is 7.90. The lowest BCUT2D eigenvalue weighted by atomic mass is 9.89. The zero-order valence-corrected chi connectivity index (χ0v) is 16.5. The van der Waals surface area contributed by atoms with Crippen molar-refractivity contribution in [1.29, 1.82) is 5.26 Å². The standard InChI is InChI=1S/C22H25N3O3/c1-22(2,3)28-21(26)25-12-10-17(11-13-25)16-4-7-19(8-5-16)27-20-9-6-18(14-23)24-15-20/h4-9,15,17H,10-13H2,1-3H3. The van der Waals surface area contributed by atoms with Crippen LogP contribution in [0.25, 0.3) is 0 Å². The van der Waals surface area contributed by atoms with Crippen molar-refractivity contribution in [3.05, 3.63) is 53.9 Å². The van der Waals surface area contributed by atoms with Gasteiger partial charge in [-0.1, -0.05) is 12.1 Å². The number of nitrogens with zero attached hydrogens (tertiary/aromatic N) is 3. The normalized spacial score (nSPS) is 15.0. The third-order valence-electron chi connectivity index (χ3n) is 4.58. The average molecular weight is 379 g/mol. The number of likely N-dealkylation sites (tertiary alicyclic amines) is 1. The predicted octanol–water partition coefficient (Wildman–Crippen LogP) is 4.86. The van der Waals surface area contributed by atoms with Gasteiger partial charge in [0.05, 0.1) is 6.20 Å². The van der Waals surface area contributed by atoms with Crippen LogP contribution in [0.15, 0.2) is 42.6 Å². The maximum atomic E-state index is 12.2. The minimum Gasteiger partial charge on any atom is -0.456 e. The number of pyridine rings is 1. The van der Waals surface area contributed by atoms with Crippen LogP contribution in [-0.4, -0.2) is 34.7 Å². The topological polar surface area (TPSA) is 75.4 Å². The molecule has 146 valence electrons. The number of aromatic nitrogens is 1. The Labute approximate surface area is 165 Å². The van der Waals surface area contributed by atoms with Gasteiger partial charge >= 0.3 is 6.09 Å². The first-order valence-corrected chi connectivity index (χ1v) is 9.46. The van der Waals surface area contributed by atoms with Crippen LogP contribution in [0, 0.1) is 11.3 Å². The quantitative estimate of drug-likeness (QED) is 0.761. The molecule has 2 aromatic rings. The highest BCUT2D eigenvalue weighted by Gasteiger charge is 2.27. The van der Waals surface area contributed by atoms with Gasteiger partial charge < -0.3 is 14.4 Å². The molecule has 3 rings (SSSR count). The second kappa shape index (κ2) is 8.30. The van der Waals surface area contributed by atoms with Crippen LogP contribution < -0.4 is 4.74 Å². The van der Waals surface area contributed by atoms with Crippen molar-refractivity contribution in [3.8, 4) is 17.6 Å². The van der Waals surface area contributed by atoms with Crippen molar-refractivity contribution >= 4 is 6.09 Å². The Morgan fingerprint density at radius 1 is 1.11 bits per heavy atom. The summed E-state index contributed by atoms with van der Waals surface area (Å²) in [6, 6.07) is 13.4. The summed E-state index contributed by atoms with van der Waals surface area (Å²) < 4.78 is 11.2. The molecule has 0 aliphatic carbocycles. The molecule has 1 aromatic heterocycles. The molecule has 0 atom stereocenters. The summed E-state index contributed by atoms with van der Waals surface area (Å²) in [5.41, 5.74) is 1.14. The number of rotatable bonds is 3. The molecule has 0 unspecified atom stereocenters. The van der Waals surface area contributed by atoms with Crippen LogP contribution in [0.1, 0.15) is 50.8 Å². The summed E-state index contributed by atoms with van der Waals surface area (Å²) in [6.45, 7) is 7.06. The number of hydrogen-bond acceptors (Lipinski definition) is 5. The van der Waals surface area contributed by atoms with Crippen LogP contribution in [0.4, 0.5) is 4.79 Å². The average Bonchev–Trinajstić information content (AvgIpc) is 2.68. The van der Waals surface area contributed by atoms with E-state index in [4.69, 9.17) is 14.7 Å². The number of carbonyl (C=O) groups is 1. The monoisotopic (exact) mass is 379 g/mol. The Morgan fingerprint density at radius 2 is 1.75 bits per heavy atom. The Kier molecular flexibility index (Phi) is 5.84. The van der Waals surface area contributed by atoms with Gasteiger partial charge in [-0.25, -0.2) is 9.78 Å². The fraction of sp³-hybridized carbons (Fsp3) is 0.409. The highest BCUT2D eigenvalue weighted by Crippen LogP contribution is 2.30. The fourth-order valence-electron chi connectivity index (χ4n) is 3.17. The van der Waals surface area contributed by atoms with E-state index >= 15 is 0 Å². The molecule has 0 N–H and O–H groups in total. The maximum absolute atomic E-state index is 12.2. The van der Waals surface area contributed by atoms with Gasteiger partial charge in [-0.2, -0.15) is 5.26 Å². The van der Waals surface area contributed by atoms with Crippen LogP contribution in [0.3, 0.4) is 0 Å². The van der Waals surface area contributed by atoms with E-state index in [-0.39, 0.29) is 6.09 Å². The highest BCUT2D eigenvalue weighted by molar-refractivity contribution is 5.68. The van der Waals surface area contributed by atoms with Crippen LogP contribution >= 0.6 is 0 Å². The van der Waals surface area contributed by atoms with E-state index in [0.717, 1.165) is 18.6 Å². The van der Waals surface area contributed by atoms with Gasteiger partial charge in [0.1, 0.15) is 28.9 Å². The van der Waals surface area contributed by atoms with Gasteiger partial charge in [0, 0.05) is 13.1 Å². The number of carbonyl (C=O) groups excluding carboxylic acids is 1. The van der Waals surface area contributed by atoms with Gasteiger partial charge in [0.25, 0.3) is 0 Å². The number of nitriles is 1. The van der Waals surface area contributed by atoms with Crippen molar-refractivity contribution in [2.24, 2.45) is 0 Å². The van der Waals surface area contributed by atoms with Crippen LogP contribution in [0.5, 0.6) is 11.5 Å². The molecule has 6 heteroatoms. The largest absolute Gasteiger partial charge is 0.456 e. The number of ether oxygens (including phenoxy) is 2. The van der Waals surface area contributed by atoms with Crippen molar-refractivity contribution in [2.45, 2.75) is 45.1 Å². The summed E-state index contributed by atoms with van der Waals surface area (Å²) in [6.07, 6.45) is 3.14. The SMILES string of the molecule is CC(C)(C)OC(=O)N1CCC(c2ccc(Oc3ccc(C#N)nc3)cc2)CC1. The van der Waals surface area contributed by atoms with E-state index in [1.165, 1.54) is 5.56 Å². The molecular weight excluding hydrogens is 354 g/mol. The maximum Gasteiger partial charge on any atom is 0.410 e. The molecule has 1 aromatic carbocycles. The number of benzene rings is 1. The second-order valence-corrected chi connectivity index (χ2v) is 7.90. The predicted molar refractivity (Wildman–Crippen MR) is 105 cm³/mol. The molecule has 0 spiro atoms. The minimum atomic E-state index is -0.464. The molecule has 1 aliphatic heterocycles. The molecule has 0 saturated carbocycles. The fourth-order valence-corrected chi connectivity index (χ4v) is 3.17. The van der Waals surface area contributed by atoms with Crippen LogP contribution in [0.2, 0.25) is 0 Å². The summed E-state index contributed by atoms with van der Waals surface area (Å²) >= 11 is 0. The number of hydrogen-bond donors (Lipinski definition) is 0. The molecule has 1 amide bonds. The lowest BCUT2D eigenvalue weighted by Crippen LogP contribution is -2.41. The Morgan fingerprint density at radius 3 is 2.29 bits per heavy atom. The van der Waals surface area contributed by atoms with E-state index in [0.29, 0.717) is 30.5 Å². The first kappa shape index (κ1) is 19.7. The number of piperidine rings is 1. The molecule has 1 saturated heterocycles. The molecule has 0 bridgehead atoms. The van der Waals surface area contributed by atoms with Gasteiger partial charge in [-0.05, 0) is 69.4 Å². The molecule has 2 heterocycles. The molecule has 0 radical (unpaired) electrons. The number of amides is 1. The van der Waals surface area contributed by atoms with Gasteiger partial charge in [-0.3, -0.25) is 0 Å². The summed E-state index contributed by atoms with van der Waals surface area (Å²) in [4.78, 5) is 18.0. The molecule has 28 heavy (non-hydrogen) atoms. The van der Waals surface area contributed by atoms with E-state index in [1.807, 2.05) is 39.0 Å². The molecule has 1 fully saturated rings. The molecule has 6 nitrogen and oxygen atoms in total. The van der Waals surface area contributed by atoms with Crippen LogP contribution in [-0.2, 0) is 4.74 Å². The molecular formula is C22H25N3O3. The lowest BCUT2D eigenvalue weighted by Gasteiger charge is -2.33. The van der Waals surface area contributed by atoms with Gasteiger partial charge in [-0.15, -0.1) is 0 Å². The first-order chi connectivity index (χ1) is 13.3.